The van der Waals surface area contributed by atoms with Crippen LogP contribution >= 0.6 is 23.4 Å². The topological polar surface area (TPSA) is 86.0 Å². The van der Waals surface area contributed by atoms with Gasteiger partial charge in [0.1, 0.15) is 22.1 Å². The fourth-order valence-corrected chi connectivity index (χ4v) is 7.68. The number of amidine groups is 1. The maximum Gasteiger partial charge on any atom is 0.329 e. The molecule has 4 atom stereocenters. The highest BCUT2D eigenvalue weighted by Crippen LogP contribution is 2.56. The van der Waals surface area contributed by atoms with Crippen molar-refractivity contribution < 1.29 is 14.3 Å². The van der Waals surface area contributed by atoms with Gasteiger partial charge in [-0.15, -0.1) is 0 Å². The highest BCUT2D eigenvalue weighted by Gasteiger charge is 2.54. The second-order valence-corrected chi connectivity index (χ2v) is 14.1. The first-order valence-corrected chi connectivity index (χ1v) is 15.6. The zero-order chi connectivity index (χ0) is 30.6. The van der Waals surface area contributed by atoms with E-state index in [1.165, 1.54) is 11.8 Å². The minimum absolute atomic E-state index is 0.000140. The summed E-state index contributed by atoms with van der Waals surface area (Å²) in [7, 11) is 0. The predicted molar refractivity (Wildman–Crippen MR) is 167 cm³/mol. The summed E-state index contributed by atoms with van der Waals surface area (Å²) in [5.74, 6) is -0.517. The van der Waals surface area contributed by atoms with Gasteiger partial charge in [0.2, 0.25) is 0 Å². The van der Waals surface area contributed by atoms with Gasteiger partial charge in [0.05, 0.1) is 17.7 Å². The summed E-state index contributed by atoms with van der Waals surface area (Å²) in [4.78, 5) is 37.4. The second-order valence-electron chi connectivity index (χ2n) is 12.7. The number of allylic oxidation sites excluding steroid dienone is 1. The molecule has 1 amide bonds. The van der Waals surface area contributed by atoms with Crippen LogP contribution in [0.15, 0.2) is 64.1 Å². The van der Waals surface area contributed by atoms with Crippen LogP contribution in [0, 0.1) is 17.2 Å². The maximum atomic E-state index is 14.4. The predicted octanol–water partition coefficient (Wildman–Crippen LogP) is 7.18. The standard InChI is InChI=1S/C33H37ClN4O3S/c1-19(2)26-27(29(39)37-20(3)8-17-25(37)30(40)41-32(4,5)6)42-31-36-33(7,23-13-9-21(18-35)10-14-23)28(38(26)31)22-11-15-24(34)16-12-22/h9-16,19-20,25,28H,8,17H2,1-7H3/t20-,25+,28-,33+/m1/s1. The average molecular weight is 605 g/mol. The second kappa shape index (κ2) is 11.1. The van der Waals surface area contributed by atoms with E-state index in [0.29, 0.717) is 21.9 Å². The molecule has 0 aromatic heterocycles. The summed E-state index contributed by atoms with van der Waals surface area (Å²) in [5, 5.41) is 10.8. The van der Waals surface area contributed by atoms with E-state index in [0.717, 1.165) is 28.4 Å². The van der Waals surface area contributed by atoms with Gasteiger partial charge >= 0.3 is 5.97 Å². The van der Waals surface area contributed by atoms with E-state index in [1.807, 2.05) is 76.2 Å². The van der Waals surface area contributed by atoms with Crippen LogP contribution < -0.4 is 0 Å². The summed E-state index contributed by atoms with van der Waals surface area (Å²) < 4.78 is 5.72. The quantitative estimate of drug-likeness (QED) is 0.336. The van der Waals surface area contributed by atoms with E-state index >= 15 is 0 Å². The molecule has 7 nitrogen and oxygen atoms in total. The molecular weight excluding hydrogens is 568 g/mol. The largest absolute Gasteiger partial charge is 0.458 e. The van der Waals surface area contributed by atoms with Gasteiger partial charge in [0, 0.05) is 16.8 Å². The Morgan fingerprint density at radius 3 is 2.33 bits per heavy atom. The molecule has 0 bridgehead atoms. The molecule has 0 spiro atoms. The van der Waals surface area contributed by atoms with E-state index in [1.54, 1.807) is 4.90 Å². The number of carbonyl (C=O) groups is 2. The van der Waals surface area contributed by atoms with Gasteiger partial charge in [-0.25, -0.2) is 9.79 Å². The van der Waals surface area contributed by atoms with Gasteiger partial charge in [-0.1, -0.05) is 49.7 Å². The Bertz CT molecular complexity index is 1500. The van der Waals surface area contributed by atoms with Crippen molar-refractivity contribution in [1.29, 1.82) is 5.26 Å². The molecule has 0 N–H and O–H groups in total. The first-order chi connectivity index (χ1) is 19.7. The molecule has 3 aliphatic rings. The number of ether oxygens (including phenoxy) is 1. The number of fused-ring (bicyclic) bond motifs is 1. The monoisotopic (exact) mass is 604 g/mol. The molecule has 2 aromatic rings. The van der Waals surface area contributed by atoms with E-state index in [9.17, 15) is 14.9 Å². The van der Waals surface area contributed by atoms with E-state index in [-0.39, 0.29) is 29.9 Å². The lowest BCUT2D eigenvalue weighted by Gasteiger charge is -2.37. The summed E-state index contributed by atoms with van der Waals surface area (Å²) in [6, 6.07) is 16.5. The molecule has 220 valence electrons. The third-order valence-electron chi connectivity index (χ3n) is 8.12. The van der Waals surface area contributed by atoms with Gasteiger partial charge < -0.3 is 14.5 Å². The number of halogens is 1. The lowest BCUT2D eigenvalue weighted by Crippen LogP contribution is -2.46. The Morgan fingerprint density at radius 1 is 1.12 bits per heavy atom. The van der Waals surface area contributed by atoms with E-state index < -0.39 is 17.2 Å². The Labute approximate surface area is 257 Å². The fraction of sp³-hybridized carbons (Fsp3) is 0.455. The lowest BCUT2D eigenvalue weighted by atomic mass is 9.81. The molecule has 1 saturated heterocycles. The number of amides is 1. The molecule has 2 aromatic carbocycles. The van der Waals surface area contributed by atoms with Crippen molar-refractivity contribution >= 4 is 40.4 Å². The number of thioether (sulfide) groups is 1. The van der Waals surface area contributed by atoms with Crippen LogP contribution in [0.1, 0.15) is 84.0 Å². The number of carbonyl (C=O) groups excluding carboxylic acids is 2. The van der Waals surface area contributed by atoms with Gasteiger partial charge in [-0.3, -0.25) is 4.79 Å². The third-order valence-corrected chi connectivity index (χ3v) is 9.43. The summed E-state index contributed by atoms with van der Waals surface area (Å²) in [6.45, 7) is 13.8. The molecule has 0 unspecified atom stereocenters. The number of esters is 1. The Hall–Kier alpha value is -3.28. The molecule has 0 saturated carbocycles. The normalized spacial score (nSPS) is 25.5. The number of likely N-dealkylation sites (tertiary alicyclic amines) is 1. The van der Waals surface area contributed by atoms with Gasteiger partial charge in [0.15, 0.2) is 5.17 Å². The first kappa shape index (κ1) is 30.2. The number of hydrogen-bond donors (Lipinski definition) is 0. The minimum atomic E-state index is -0.696. The van der Waals surface area contributed by atoms with Crippen molar-refractivity contribution in [2.45, 2.75) is 90.6 Å². The highest BCUT2D eigenvalue weighted by molar-refractivity contribution is 8.18. The number of rotatable bonds is 5. The number of nitriles is 1. The molecule has 0 aliphatic carbocycles. The fourth-order valence-electron chi connectivity index (χ4n) is 6.20. The van der Waals surface area contributed by atoms with Crippen LogP contribution in [-0.4, -0.2) is 44.5 Å². The van der Waals surface area contributed by atoms with Crippen LogP contribution in [0.2, 0.25) is 5.02 Å². The summed E-state index contributed by atoms with van der Waals surface area (Å²) >= 11 is 7.67. The number of benzene rings is 2. The zero-order valence-electron chi connectivity index (χ0n) is 25.1. The van der Waals surface area contributed by atoms with Crippen molar-refractivity contribution in [3.8, 4) is 6.07 Å². The number of nitrogens with zero attached hydrogens (tertiary/aromatic N) is 4. The van der Waals surface area contributed by atoms with Crippen molar-refractivity contribution in [3.05, 3.63) is 80.8 Å². The Kier molecular flexibility index (Phi) is 7.97. The first-order valence-electron chi connectivity index (χ1n) is 14.4. The molecule has 1 fully saturated rings. The Morgan fingerprint density at radius 2 is 1.76 bits per heavy atom. The smallest absolute Gasteiger partial charge is 0.329 e. The third kappa shape index (κ3) is 5.33. The molecular formula is C33H37ClN4O3S. The number of aliphatic imine (C=N–C) groups is 1. The van der Waals surface area contributed by atoms with Crippen molar-refractivity contribution in [2.75, 3.05) is 0 Å². The Balaban J connectivity index is 1.59. The van der Waals surface area contributed by atoms with Crippen LogP contribution in [-0.2, 0) is 19.9 Å². The summed E-state index contributed by atoms with van der Waals surface area (Å²) in [6.07, 6.45) is 1.31. The molecule has 0 radical (unpaired) electrons. The maximum absolute atomic E-state index is 14.4. The molecule has 3 heterocycles. The van der Waals surface area contributed by atoms with Crippen molar-refractivity contribution in [1.82, 2.24) is 9.80 Å². The van der Waals surface area contributed by atoms with Crippen LogP contribution in [0.3, 0.4) is 0 Å². The van der Waals surface area contributed by atoms with Crippen LogP contribution in [0.4, 0.5) is 0 Å². The van der Waals surface area contributed by atoms with Gasteiger partial charge in [-0.2, -0.15) is 5.26 Å². The molecule has 3 aliphatic heterocycles. The van der Waals surface area contributed by atoms with Crippen LogP contribution in [0.5, 0.6) is 0 Å². The molecule has 9 heteroatoms. The van der Waals surface area contributed by atoms with Crippen LogP contribution in [0.25, 0.3) is 0 Å². The van der Waals surface area contributed by atoms with Gasteiger partial charge in [-0.05, 0) is 101 Å². The van der Waals surface area contributed by atoms with E-state index in [2.05, 4.69) is 31.7 Å². The molecule has 5 rings (SSSR count). The van der Waals surface area contributed by atoms with Crippen molar-refractivity contribution in [2.24, 2.45) is 10.9 Å². The molecule has 42 heavy (non-hydrogen) atoms. The van der Waals surface area contributed by atoms with E-state index in [4.69, 9.17) is 21.3 Å². The SMILES string of the molecule is CC(C)C1=C(C(=O)N2[C@H](C)CC[C@H]2C(=O)OC(C)(C)C)SC2=N[C@@](C)(c3ccc(C#N)cc3)[C@@H](c3ccc(Cl)cc3)N21. The highest BCUT2D eigenvalue weighted by atomic mass is 35.5. The van der Waals surface area contributed by atoms with Crippen molar-refractivity contribution in [3.63, 3.8) is 0 Å². The zero-order valence-corrected chi connectivity index (χ0v) is 26.7. The lowest BCUT2D eigenvalue weighted by molar-refractivity contribution is -0.163. The summed E-state index contributed by atoms with van der Waals surface area (Å²) in [5.41, 5.74) is 2.13. The average Bonchev–Trinajstić information content (AvgIpc) is 3.57. The number of hydrogen-bond acceptors (Lipinski definition) is 7. The van der Waals surface area contributed by atoms with Gasteiger partial charge in [0.25, 0.3) is 5.91 Å². The minimum Gasteiger partial charge on any atom is -0.458 e.